The van der Waals surface area contributed by atoms with Crippen molar-refractivity contribution in [3.05, 3.63) is 40.2 Å². The first-order chi connectivity index (χ1) is 11.6. The van der Waals surface area contributed by atoms with Crippen LogP contribution in [-0.2, 0) is 6.54 Å². The molecule has 126 valence electrons. The van der Waals surface area contributed by atoms with Crippen LogP contribution in [-0.4, -0.2) is 33.8 Å². The molecule has 4 rings (SSSR count). The summed E-state index contributed by atoms with van der Waals surface area (Å²) in [5.41, 5.74) is 0.464. The fourth-order valence-electron chi connectivity index (χ4n) is 4.08. The number of nitrogens with zero attached hydrogens (tertiary/aromatic N) is 2. The Kier molecular flexibility index (Phi) is 3.64. The van der Waals surface area contributed by atoms with Crippen LogP contribution in [0.2, 0.25) is 0 Å². The lowest BCUT2D eigenvalue weighted by atomic mass is 9.88. The molecular weight excluding hydrogens is 304 g/mol. The molecule has 1 aromatic carbocycles. The summed E-state index contributed by atoms with van der Waals surface area (Å²) in [5, 5.41) is 11.4. The molecule has 2 saturated heterocycles. The minimum absolute atomic E-state index is 0.0144. The number of aromatic nitrogens is 2. The first-order valence-electron chi connectivity index (χ1n) is 8.68. The van der Waals surface area contributed by atoms with Gasteiger partial charge in [0.1, 0.15) is 0 Å². The fraction of sp³-hybridized carbons (Fsp3) is 0.500. The van der Waals surface area contributed by atoms with E-state index in [0.717, 1.165) is 18.4 Å². The molecule has 2 aliphatic heterocycles. The summed E-state index contributed by atoms with van der Waals surface area (Å²) in [6.45, 7) is 3.11. The van der Waals surface area contributed by atoms with Gasteiger partial charge >= 0.3 is 0 Å². The molecule has 0 unspecified atom stereocenters. The van der Waals surface area contributed by atoms with Crippen LogP contribution in [0.15, 0.2) is 29.1 Å². The summed E-state index contributed by atoms with van der Waals surface area (Å²) in [6, 6.07) is 7.89. The summed E-state index contributed by atoms with van der Waals surface area (Å²) in [4.78, 5) is 25.2. The standard InChI is InChI=1S/C18H22N4O2/c1-2-22-14-6-4-3-5-13(14)16(23)15(21-22)17(24)19-11-18-9-7-12(20-18)8-10-18/h3-6,12,20H,2,7-11H2,1H3,(H,19,24). The number of benzene rings is 1. The van der Waals surface area contributed by atoms with Gasteiger partial charge in [0.15, 0.2) is 5.69 Å². The van der Waals surface area contributed by atoms with E-state index in [-0.39, 0.29) is 22.6 Å². The maximum Gasteiger partial charge on any atom is 0.275 e. The molecule has 0 aliphatic carbocycles. The van der Waals surface area contributed by atoms with Gasteiger partial charge in [-0.1, -0.05) is 12.1 Å². The molecule has 2 fully saturated rings. The van der Waals surface area contributed by atoms with Gasteiger partial charge in [-0.25, -0.2) is 0 Å². The van der Waals surface area contributed by atoms with E-state index in [0.29, 0.717) is 24.5 Å². The average Bonchev–Trinajstić information content (AvgIpc) is 3.22. The fourth-order valence-corrected chi connectivity index (χ4v) is 4.08. The number of aryl methyl sites for hydroxylation is 1. The highest BCUT2D eigenvalue weighted by Gasteiger charge is 2.44. The highest BCUT2D eigenvalue weighted by atomic mass is 16.2. The third kappa shape index (κ3) is 2.41. The number of amides is 1. The minimum Gasteiger partial charge on any atom is -0.349 e. The number of carbonyl (C=O) groups excluding carboxylic acids is 1. The molecule has 2 N–H and O–H groups in total. The second-order valence-corrected chi connectivity index (χ2v) is 6.89. The van der Waals surface area contributed by atoms with Gasteiger partial charge in [0.25, 0.3) is 5.91 Å². The van der Waals surface area contributed by atoms with Gasteiger partial charge in [-0.2, -0.15) is 5.10 Å². The van der Waals surface area contributed by atoms with Crippen LogP contribution < -0.4 is 16.1 Å². The van der Waals surface area contributed by atoms with Crippen LogP contribution in [0.5, 0.6) is 0 Å². The number of hydrogen-bond donors (Lipinski definition) is 2. The highest BCUT2D eigenvalue weighted by molar-refractivity contribution is 5.95. The van der Waals surface area contributed by atoms with Crippen molar-refractivity contribution in [2.24, 2.45) is 0 Å². The molecule has 0 atom stereocenters. The topological polar surface area (TPSA) is 76.0 Å². The average molecular weight is 326 g/mol. The summed E-state index contributed by atoms with van der Waals surface area (Å²) in [7, 11) is 0. The van der Waals surface area contributed by atoms with E-state index < -0.39 is 0 Å². The van der Waals surface area contributed by atoms with Gasteiger partial charge in [-0.15, -0.1) is 0 Å². The normalized spacial score (nSPS) is 25.3. The van der Waals surface area contributed by atoms with Crippen molar-refractivity contribution in [1.29, 1.82) is 0 Å². The molecule has 0 radical (unpaired) electrons. The SMILES string of the molecule is CCn1nc(C(=O)NCC23CCC(CC2)N3)c(=O)c2ccccc21. The van der Waals surface area contributed by atoms with E-state index >= 15 is 0 Å². The Morgan fingerprint density at radius 3 is 2.79 bits per heavy atom. The van der Waals surface area contributed by atoms with Crippen LogP contribution in [0.25, 0.3) is 10.9 Å². The summed E-state index contributed by atoms with van der Waals surface area (Å²) in [5.74, 6) is -0.375. The Hall–Kier alpha value is -2.21. The first kappa shape index (κ1) is 15.3. The maximum atomic E-state index is 12.6. The van der Waals surface area contributed by atoms with Crippen LogP contribution in [0.3, 0.4) is 0 Å². The van der Waals surface area contributed by atoms with Crippen molar-refractivity contribution in [2.45, 2.75) is 50.7 Å². The molecule has 0 spiro atoms. The van der Waals surface area contributed by atoms with Gasteiger partial charge < -0.3 is 10.6 Å². The van der Waals surface area contributed by atoms with E-state index in [4.69, 9.17) is 0 Å². The smallest absolute Gasteiger partial charge is 0.275 e. The van der Waals surface area contributed by atoms with Gasteiger partial charge in [-0.3, -0.25) is 14.3 Å². The predicted octanol–water partition coefficient (Wildman–Crippen LogP) is 1.43. The molecule has 1 amide bonds. The molecule has 2 aromatic rings. The molecule has 6 heteroatoms. The molecule has 3 heterocycles. The van der Waals surface area contributed by atoms with Crippen LogP contribution in [0.4, 0.5) is 0 Å². The summed E-state index contributed by atoms with van der Waals surface area (Å²) in [6.07, 6.45) is 4.52. The third-order valence-corrected chi connectivity index (χ3v) is 5.42. The number of rotatable bonds is 4. The second-order valence-electron chi connectivity index (χ2n) is 6.89. The monoisotopic (exact) mass is 326 g/mol. The van der Waals surface area contributed by atoms with Gasteiger partial charge in [0.05, 0.1) is 5.52 Å². The van der Waals surface area contributed by atoms with Crippen LogP contribution >= 0.6 is 0 Å². The highest BCUT2D eigenvalue weighted by Crippen LogP contribution is 2.36. The van der Waals surface area contributed by atoms with Crippen molar-refractivity contribution in [1.82, 2.24) is 20.4 Å². The maximum absolute atomic E-state index is 12.6. The van der Waals surface area contributed by atoms with E-state index in [1.807, 2.05) is 25.1 Å². The lowest BCUT2D eigenvalue weighted by Gasteiger charge is -2.26. The van der Waals surface area contributed by atoms with E-state index in [2.05, 4.69) is 15.7 Å². The molecule has 1 aromatic heterocycles. The van der Waals surface area contributed by atoms with Gasteiger partial charge in [0.2, 0.25) is 5.43 Å². The van der Waals surface area contributed by atoms with Crippen molar-refractivity contribution in [3.8, 4) is 0 Å². The molecule has 2 bridgehead atoms. The van der Waals surface area contributed by atoms with Crippen molar-refractivity contribution in [3.63, 3.8) is 0 Å². The number of carbonyl (C=O) groups is 1. The minimum atomic E-state index is -0.375. The van der Waals surface area contributed by atoms with E-state index in [1.54, 1.807) is 10.7 Å². The quantitative estimate of drug-likeness (QED) is 0.891. The van der Waals surface area contributed by atoms with Crippen LogP contribution in [0, 0.1) is 0 Å². The largest absolute Gasteiger partial charge is 0.349 e. The Morgan fingerprint density at radius 2 is 2.12 bits per heavy atom. The Balaban J connectivity index is 1.62. The van der Waals surface area contributed by atoms with E-state index in [9.17, 15) is 9.59 Å². The number of hydrogen-bond acceptors (Lipinski definition) is 4. The molecule has 6 nitrogen and oxygen atoms in total. The van der Waals surface area contributed by atoms with Gasteiger partial charge in [-0.05, 0) is 44.7 Å². The van der Waals surface area contributed by atoms with Crippen molar-refractivity contribution in [2.75, 3.05) is 6.54 Å². The molecule has 0 saturated carbocycles. The first-order valence-corrected chi connectivity index (χ1v) is 8.68. The van der Waals surface area contributed by atoms with Crippen molar-refractivity contribution >= 4 is 16.8 Å². The third-order valence-electron chi connectivity index (χ3n) is 5.42. The Morgan fingerprint density at radius 1 is 1.38 bits per heavy atom. The Bertz CT molecular complexity index is 850. The zero-order valence-corrected chi connectivity index (χ0v) is 13.8. The molecular formula is C18H22N4O2. The predicted molar refractivity (Wildman–Crippen MR) is 92.1 cm³/mol. The lowest BCUT2D eigenvalue weighted by molar-refractivity contribution is 0.0933. The van der Waals surface area contributed by atoms with Crippen molar-refractivity contribution < 1.29 is 4.79 Å². The van der Waals surface area contributed by atoms with E-state index in [1.165, 1.54) is 12.8 Å². The number of para-hydroxylation sites is 1. The summed E-state index contributed by atoms with van der Waals surface area (Å²) >= 11 is 0. The van der Waals surface area contributed by atoms with Gasteiger partial charge in [0, 0.05) is 30.1 Å². The number of fused-ring (bicyclic) bond motifs is 3. The Labute approximate surface area is 140 Å². The van der Waals surface area contributed by atoms with Crippen LogP contribution in [0.1, 0.15) is 43.1 Å². The second kappa shape index (κ2) is 5.70. The molecule has 24 heavy (non-hydrogen) atoms. The zero-order valence-electron chi connectivity index (χ0n) is 13.8. The lowest BCUT2D eigenvalue weighted by Crippen LogP contribution is -2.48. The number of nitrogens with one attached hydrogen (secondary N) is 2. The zero-order chi connectivity index (χ0) is 16.7. The molecule has 2 aliphatic rings. The summed E-state index contributed by atoms with van der Waals surface area (Å²) < 4.78 is 1.71.